The molecule has 0 atom stereocenters. The Hall–Kier alpha value is -5.62. The van der Waals surface area contributed by atoms with Gasteiger partial charge in [-0.1, -0.05) is 30.7 Å². The molecule has 4 rings (SSSR count). The number of carbonyl (C=O) groups excluding carboxylic acids is 4. The van der Waals surface area contributed by atoms with Crippen LogP contribution in [0.15, 0.2) is 85.3 Å². The van der Waals surface area contributed by atoms with Gasteiger partial charge in [-0.05, 0) is 99.9 Å². The maximum atomic E-state index is 12.8. The van der Waals surface area contributed by atoms with E-state index in [2.05, 4.69) is 36.1 Å². The Morgan fingerprint density at radius 1 is 0.654 bits per heavy atom. The Balaban J connectivity index is 1.16. The van der Waals surface area contributed by atoms with E-state index < -0.39 is 0 Å². The molecular formula is C40H50N8O4. The first kappa shape index (κ1) is 39.2. The number of hydrogen-bond acceptors (Lipinski definition) is 8. The summed E-state index contributed by atoms with van der Waals surface area (Å²) in [4.78, 5) is 61.7. The molecular weight excluding hydrogens is 656 g/mol. The third kappa shape index (κ3) is 13.6. The largest absolute Gasteiger partial charge is 0.356 e. The van der Waals surface area contributed by atoms with Crippen LogP contribution in [0.25, 0.3) is 11.1 Å². The first-order chi connectivity index (χ1) is 25.0. The van der Waals surface area contributed by atoms with Crippen molar-refractivity contribution >= 4 is 46.5 Å². The maximum Gasteiger partial charge on any atom is 0.253 e. The Labute approximate surface area is 306 Å². The molecule has 0 fully saturated rings. The summed E-state index contributed by atoms with van der Waals surface area (Å²) in [6, 6.07) is 20.5. The van der Waals surface area contributed by atoms with Gasteiger partial charge in [0.05, 0.1) is 23.8 Å². The van der Waals surface area contributed by atoms with Gasteiger partial charge in [0.25, 0.3) is 5.91 Å². The Kier molecular flexibility index (Phi) is 15.3. The van der Waals surface area contributed by atoms with E-state index in [9.17, 15) is 19.2 Å². The van der Waals surface area contributed by atoms with Crippen molar-refractivity contribution < 1.29 is 19.2 Å². The zero-order valence-corrected chi connectivity index (χ0v) is 30.6. The molecule has 0 aliphatic rings. The van der Waals surface area contributed by atoms with E-state index in [1.54, 1.807) is 55.8 Å². The minimum atomic E-state index is -0.154. The minimum absolute atomic E-state index is 0.0473. The summed E-state index contributed by atoms with van der Waals surface area (Å²) in [5, 5.41) is 12.0. The molecule has 4 aromatic rings. The molecule has 0 saturated heterocycles. The molecule has 0 radical (unpaired) electrons. The van der Waals surface area contributed by atoms with Crippen molar-refractivity contribution in [1.29, 1.82) is 0 Å². The van der Waals surface area contributed by atoms with Crippen LogP contribution >= 0.6 is 0 Å². The predicted molar refractivity (Wildman–Crippen MR) is 206 cm³/mol. The quantitative estimate of drug-likeness (QED) is 0.0854. The number of nitrogens with zero attached hydrogens (tertiary/aromatic N) is 4. The number of carbonyl (C=O) groups is 4. The van der Waals surface area contributed by atoms with Gasteiger partial charge in [0.1, 0.15) is 5.82 Å². The molecule has 0 bridgehead atoms. The van der Waals surface area contributed by atoms with Gasteiger partial charge < -0.3 is 31.1 Å². The number of benzene rings is 2. The maximum absolute atomic E-state index is 12.8. The second-order valence-corrected chi connectivity index (χ2v) is 13.2. The number of amides is 4. The van der Waals surface area contributed by atoms with Gasteiger partial charge in [0.2, 0.25) is 17.7 Å². The normalized spacial score (nSPS) is 10.8. The van der Waals surface area contributed by atoms with Gasteiger partial charge in [-0.3, -0.25) is 24.2 Å². The summed E-state index contributed by atoms with van der Waals surface area (Å²) < 4.78 is 0. The first-order valence-electron chi connectivity index (χ1n) is 17.7. The van der Waals surface area contributed by atoms with Crippen molar-refractivity contribution in [1.82, 2.24) is 25.1 Å². The SMILES string of the molecule is CN(C)CCCC(=O)NCCCCCC(=O)Nc1cccc(CCC(=O)Nc2cncc(Nc3ccc(-c4ccc(C(=O)N(C)C)cc4)cn3)c2)c1. The van der Waals surface area contributed by atoms with Gasteiger partial charge in [0, 0.05) is 62.9 Å². The summed E-state index contributed by atoms with van der Waals surface area (Å²) >= 11 is 0. The fraction of sp³-hybridized carbons (Fsp3) is 0.350. The number of hydrogen-bond donors (Lipinski definition) is 4. The lowest BCUT2D eigenvalue weighted by Crippen LogP contribution is -2.25. The Morgan fingerprint density at radius 2 is 1.37 bits per heavy atom. The molecule has 2 aromatic heterocycles. The van der Waals surface area contributed by atoms with E-state index >= 15 is 0 Å². The molecule has 0 aliphatic carbocycles. The highest BCUT2D eigenvalue weighted by molar-refractivity contribution is 5.94. The Bertz CT molecular complexity index is 1780. The lowest BCUT2D eigenvalue weighted by Gasteiger charge is -2.11. The van der Waals surface area contributed by atoms with E-state index in [0.29, 0.717) is 54.3 Å². The van der Waals surface area contributed by atoms with Crippen molar-refractivity contribution in [2.45, 2.75) is 51.4 Å². The van der Waals surface area contributed by atoms with Gasteiger partial charge >= 0.3 is 0 Å². The van der Waals surface area contributed by atoms with Crippen LogP contribution in [-0.2, 0) is 20.8 Å². The first-order valence-corrected chi connectivity index (χ1v) is 17.7. The van der Waals surface area contributed by atoms with Crippen LogP contribution in [0.5, 0.6) is 0 Å². The average Bonchev–Trinajstić information content (AvgIpc) is 3.12. The van der Waals surface area contributed by atoms with Crippen molar-refractivity contribution in [3.05, 3.63) is 96.4 Å². The number of aryl methyl sites for hydroxylation is 1. The molecule has 4 amide bonds. The third-order valence-electron chi connectivity index (χ3n) is 8.19. The van der Waals surface area contributed by atoms with Gasteiger partial charge in [-0.15, -0.1) is 0 Å². The molecule has 0 aliphatic heterocycles. The molecule has 12 nitrogen and oxygen atoms in total. The van der Waals surface area contributed by atoms with E-state index in [1.807, 2.05) is 62.6 Å². The van der Waals surface area contributed by atoms with Crippen molar-refractivity contribution in [2.75, 3.05) is 57.2 Å². The summed E-state index contributed by atoms with van der Waals surface area (Å²) in [7, 11) is 7.44. The third-order valence-corrected chi connectivity index (χ3v) is 8.19. The van der Waals surface area contributed by atoms with Gasteiger partial charge in [-0.2, -0.15) is 0 Å². The molecule has 2 heterocycles. The van der Waals surface area contributed by atoms with E-state index in [0.717, 1.165) is 48.9 Å². The van der Waals surface area contributed by atoms with Crippen LogP contribution in [0, 0.1) is 0 Å². The standard InChI is InChI=1S/C40H50N8O4/c1-47(2)23-9-13-37(49)42-22-7-5-6-12-38(50)45-33-11-8-10-29(24-33)14-21-39(51)46-35-25-34(27-41-28-35)44-36-20-19-32(26-43-36)30-15-17-31(18-16-30)40(52)48(3)4/h8,10-11,15-20,24-28H,5-7,9,12-14,21-23H2,1-4H3,(H,42,49)(H,43,44)(H,45,50)(H,46,51). The van der Waals surface area contributed by atoms with Crippen LogP contribution < -0.4 is 21.3 Å². The topological polar surface area (TPSA) is 149 Å². The average molecular weight is 707 g/mol. The minimum Gasteiger partial charge on any atom is -0.356 e. The lowest BCUT2D eigenvalue weighted by molar-refractivity contribution is -0.121. The number of rotatable bonds is 19. The highest BCUT2D eigenvalue weighted by Crippen LogP contribution is 2.23. The second kappa shape index (κ2) is 20.3. The molecule has 274 valence electrons. The molecule has 2 aromatic carbocycles. The van der Waals surface area contributed by atoms with E-state index in [1.165, 1.54) is 0 Å². The predicted octanol–water partition coefficient (Wildman–Crippen LogP) is 6.12. The van der Waals surface area contributed by atoms with E-state index in [4.69, 9.17) is 0 Å². The summed E-state index contributed by atoms with van der Waals surface area (Å²) in [5.74, 6) is 0.437. The molecule has 0 unspecified atom stereocenters. The molecule has 12 heteroatoms. The van der Waals surface area contributed by atoms with Gasteiger partial charge in [0.15, 0.2) is 0 Å². The molecule has 0 saturated carbocycles. The van der Waals surface area contributed by atoms with Crippen LogP contribution in [0.3, 0.4) is 0 Å². The smallest absolute Gasteiger partial charge is 0.253 e. The zero-order chi connectivity index (χ0) is 37.3. The second-order valence-electron chi connectivity index (χ2n) is 13.2. The van der Waals surface area contributed by atoms with Crippen molar-refractivity contribution in [3.63, 3.8) is 0 Å². The number of anilines is 4. The van der Waals surface area contributed by atoms with Crippen molar-refractivity contribution in [2.24, 2.45) is 0 Å². The summed E-state index contributed by atoms with van der Waals surface area (Å²) in [6.07, 6.45) is 9.98. The van der Waals surface area contributed by atoms with Crippen LogP contribution in [-0.4, -0.2) is 84.7 Å². The molecule has 0 spiro atoms. The molecule has 4 N–H and O–H groups in total. The van der Waals surface area contributed by atoms with Crippen molar-refractivity contribution in [3.8, 4) is 11.1 Å². The zero-order valence-electron chi connectivity index (χ0n) is 30.6. The highest BCUT2D eigenvalue weighted by Gasteiger charge is 2.10. The monoisotopic (exact) mass is 706 g/mol. The lowest BCUT2D eigenvalue weighted by atomic mass is 10.1. The highest BCUT2D eigenvalue weighted by atomic mass is 16.2. The summed E-state index contributed by atoms with van der Waals surface area (Å²) in [5.41, 5.74) is 5.36. The summed E-state index contributed by atoms with van der Waals surface area (Å²) in [6.45, 7) is 1.52. The fourth-order valence-electron chi connectivity index (χ4n) is 5.40. The number of aromatic nitrogens is 2. The fourth-order valence-corrected chi connectivity index (χ4v) is 5.40. The Morgan fingerprint density at radius 3 is 2.10 bits per heavy atom. The number of pyridine rings is 2. The van der Waals surface area contributed by atoms with Crippen LogP contribution in [0.4, 0.5) is 22.9 Å². The van der Waals surface area contributed by atoms with Gasteiger partial charge in [-0.25, -0.2) is 4.98 Å². The number of nitrogens with one attached hydrogen (secondary N) is 4. The van der Waals surface area contributed by atoms with E-state index in [-0.39, 0.29) is 30.0 Å². The van der Waals surface area contributed by atoms with Crippen LogP contribution in [0.1, 0.15) is 60.9 Å². The van der Waals surface area contributed by atoms with Crippen LogP contribution in [0.2, 0.25) is 0 Å². The number of unbranched alkanes of at least 4 members (excludes halogenated alkanes) is 2. The molecule has 52 heavy (non-hydrogen) atoms.